The van der Waals surface area contributed by atoms with Gasteiger partial charge >= 0.3 is 0 Å². The Balaban J connectivity index is 1.78. The largest absolute Gasteiger partial charge is 0.397 e. The van der Waals surface area contributed by atoms with Crippen LogP contribution in [-0.4, -0.2) is 12.5 Å². The molecule has 3 rings (SSSR count). The maximum atomic E-state index is 11.4. The van der Waals surface area contributed by atoms with E-state index in [4.69, 9.17) is 5.73 Å². The molecule has 1 aromatic carbocycles. The van der Waals surface area contributed by atoms with E-state index in [1.54, 1.807) is 0 Å². The molecule has 1 amide bonds. The normalized spacial score (nSPS) is 19.5. The fourth-order valence-corrected chi connectivity index (χ4v) is 2.72. The summed E-state index contributed by atoms with van der Waals surface area (Å²) >= 11 is 0. The van der Waals surface area contributed by atoms with Crippen LogP contribution in [0.15, 0.2) is 12.1 Å². The first kappa shape index (κ1) is 12.3. The van der Waals surface area contributed by atoms with E-state index in [1.807, 2.05) is 12.1 Å². The van der Waals surface area contributed by atoms with Gasteiger partial charge in [0.1, 0.15) is 0 Å². The lowest BCUT2D eigenvalue weighted by molar-refractivity contribution is -0.116. The average Bonchev–Trinajstić information content (AvgIpc) is 3.17. The summed E-state index contributed by atoms with van der Waals surface area (Å²) in [7, 11) is 0. The van der Waals surface area contributed by atoms with Gasteiger partial charge < -0.3 is 16.4 Å². The van der Waals surface area contributed by atoms with E-state index in [9.17, 15) is 4.79 Å². The summed E-state index contributed by atoms with van der Waals surface area (Å²) in [5, 5.41) is 6.38. The van der Waals surface area contributed by atoms with Crippen molar-refractivity contribution in [1.82, 2.24) is 0 Å². The molecule has 1 aromatic rings. The maximum absolute atomic E-state index is 11.4. The van der Waals surface area contributed by atoms with Gasteiger partial charge in [0, 0.05) is 18.7 Å². The summed E-state index contributed by atoms with van der Waals surface area (Å²) < 4.78 is 0. The molecule has 4 heteroatoms. The molecule has 1 aliphatic heterocycles. The molecule has 0 aromatic heterocycles. The zero-order valence-corrected chi connectivity index (χ0v) is 11.4. The molecule has 1 aliphatic carbocycles. The Labute approximate surface area is 113 Å². The van der Waals surface area contributed by atoms with Gasteiger partial charge in [-0.15, -0.1) is 0 Å². The summed E-state index contributed by atoms with van der Waals surface area (Å²) in [6, 6.07) is 3.97. The van der Waals surface area contributed by atoms with Gasteiger partial charge in [0.2, 0.25) is 5.91 Å². The third kappa shape index (κ3) is 2.39. The molecule has 1 heterocycles. The predicted octanol–water partition coefficient (Wildman–Crippen LogP) is 2.76. The number of fused-ring (bicyclic) bond motifs is 1. The lowest BCUT2D eigenvalue weighted by Gasteiger charge is -2.21. The second kappa shape index (κ2) is 4.44. The van der Waals surface area contributed by atoms with Crippen LogP contribution in [0.3, 0.4) is 0 Å². The molecular weight excluding hydrogens is 238 g/mol. The number of nitrogen functional groups attached to an aromatic ring is 1. The first-order valence-electron chi connectivity index (χ1n) is 7.08. The first-order valence-corrected chi connectivity index (χ1v) is 7.08. The molecule has 19 heavy (non-hydrogen) atoms. The van der Waals surface area contributed by atoms with Crippen molar-refractivity contribution in [3.63, 3.8) is 0 Å². The van der Waals surface area contributed by atoms with Crippen LogP contribution >= 0.6 is 0 Å². The summed E-state index contributed by atoms with van der Waals surface area (Å²) in [5.41, 5.74) is 10.3. The zero-order valence-electron chi connectivity index (χ0n) is 11.4. The number of nitrogens with one attached hydrogen (secondary N) is 2. The van der Waals surface area contributed by atoms with E-state index in [0.29, 0.717) is 11.8 Å². The fraction of sp³-hybridized carbons (Fsp3) is 0.533. The van der Waals surface area contributed by atoms with Gasteiger partial charge in [-0.25, -0.2) is 0 Å². The minimum Gasteiger partial charge on any atom is -0.397 e. The molecule has 4 nitrogen and oxygen atoms in total. The summed E-state index contributed by atoms with van der Waals surface area (Å²) in [6.45, 7) is 3.21. The Bertz CT molecular complexity index is 520. The lowest BCUT2D eigenvalue weighted by Crippen LogP contribution is -2.20. The second-order valence-electron chi connectivity index (χ2n) is 5.85. The van der Waals surface area contributed by atoms with Gasteiger partial charge in [0.25, 0.3) is 0 Å². The monoisotopic (exact) mass is 259 g/mol. The molecular formula is C15H21N3O. The molecule has 0 atom stereocenters. The Hall–Kier alpha value is -1.71. The highest BCUT2D eigenvalue weighted by Crippen LogP contribution is 2.48. The summed E-state index contributed by atoms with van der Waals surface area (Å²) in [5.74, 6) is 0.0930. The van der Waals surface area contributed by atoms with E-state index in [1.165, 1.54) is 19.3 Å². The van der Waals surface area contributed by atoms with Crippen LogP contribution in [0.1, 0.15) is 38.2 Å². The van der Waals surface area contributed by atoms with Gasteiger partial charge in [-0.3, -0.25) is 4.79 Å². The Morgan fingerprint density at radius 2 is 2.16 bits per heavy atom. The third-order valence-corrected chi connectivity index (χ3v) is 4.53. The standard InChI is InChI=1S/C15H21N3O/c1-2-15(5-6-15)9-17-13-8-12-10(7-11(13)16)3-4-14(19)18-12/h7-8,17H,2-6,9,16H2,1H3,(H,18,19). The highest BCUT2D eigenvalue weighted by molar-refractivity contribution is 5.95. The smallest absolute Gasteiger partial charge is 0.224 e. The fourth-order valence-electron chi connectivity index (χ4n) is 2.72. The predicted molar refractivity (Wildman–Crippen MR) is 78.3 cm³/mol. The van der Waals surface area contributed by atoms with E-state index in [2.05, 4.69) is 17.6 Å². The first-order chi connectivity index (χ1) is 9.12. The number of carbonyl (C=O) groups is 1. The molecule has 102 valence electrons. The van der Waals surface area contributed by atoms with E-state index >= 15 is 0 Å². The second-order valence-corrected chi connectivity index (χ2v) is 5.85. The van der Waals surface area contributed by atoms with Crippen molar-refractivity contribution in [2.75, 3.05) is 22.9 Å². The van der Waals surface area contributed by atoms with Crippen LogP contribution in [0.25, 0.3) is 0 Å². The van der Waals surface area contributed by atoms with Crippen molar-refractivity contribution in [2.24, 2.45) is 5.41 Å². The highest BCUT2D eigenvalue weighted by Gasteiger charge is 2.40. The Morgan fingerprint density at radius 1 is 1.37 bits per heavy atom. The van der Waals surface area contributed by atoms with Gasteiger partial charge in [-0.1, -0.05) is 6.92 Å². The van der Waals surface area contributed by atoms with Crippen LogP contribution in [0.4, 0.5) is 17.1 Å². The summed E-state index contributed by atoms with van der Waals surface area (Å²) in [4.78, 5) is 11.4. The molecule has 0 unspecified atom stereocenters. The number of benzene rings is 1. The molecule has 1 fully saturated rings. The van der Waals surface area contributed by atoms with Crippen LogP contribution in [0.2, 0.25) is 0 Å². The van der Waals surface area contributed by atoms with Crippen molar-refractivity contribution in [1.29, 1.82) is 0 Å². The Kier molecular flexibility index (Phi) is 2.88. The topological polar surface area (TPSA) is 67.1 Å². The number of carbonyl (C=O) groups excluding carboxylic acids is 1. The lowest BCUT2D eigenvalue weighted by atomic mass is 10.0. The van der Waals surface area contributed by atoms with Crippen molar-refractivity contribution >= 4 is 23.0 Å². The van der Waals surface area contributed by atoms with Gasteiger partial charge in [0.05, 0.1) is 11.4 Å². The molecule has 0 bridgehead atoms. The molecule has 4 N–H and O–H groups in total. The zero-order chi connectivity index (χ0) is 13.5. The number of hydrogen-bond acceptors (Lipinski definition) is 3. The number of amides is 1. The SMILES string of the molecule is CCC1(CNc2cc3c(cc2N)CCC(=O)N3)CC1. The number of rotatable bonds is 4. The van der Waals surface area contributed by atoms with Crippen LogP contribution in [0, 0.1) is 5.41 Å². The van der Waals surface area contributed by atoms with Crippen molar-refractivity contribution < 1.29 is 4.79 Å². The van der Waals surface area contributed by atoms with E-state index in [-0.39, 0.29) is 5.91 Å². The van der Waals surface area contributed by atoms with Crippen molar-refractivity contribution in [3.05, 3.63) is 17.7 Å². The minimum atomic E-state index is 0.0930. The molecule has 0 spiro atoms. The average molecular weight is 259 g/mol. The molecule has 2 aliphatic rings. The van der Waals surface area contributed by atoms with Crippen molar-refractivity contribution in [3.8, 4) is 0 Å². The van der Waals surface area contributed by atoms with Gasteiger partial charge in [0.15, 0.2) is 0 Å². The highest BCUT2D eigenvalue weighted by atomic mass is 16.1. The number of aryl methyl sites for hydroxylation is 1. The number of hydrogen-bond donors (Lipinski definition) is 3. The van der Waals surface area contributed by atoms with Crippen LogP contribution in [-0.2, 0) is 11.2 Å². The molecule has 0 radical (unpaired) electrons. The van der Waals surface area contributed by atoms with E-state index in [0.717, 1.165) is 35.6 Å². The van der Waals surface area contributed by atoms with Crippen LogP contribution in [0.5, 0.6) is 0 Å². The van der Waals surface area contributed by atoms with Gasteiger partial charge in [-0.05, 0) is 48.8 Å². The quantitative estimate of drug-likeness (QED) is 0.728. The Morgan fingerprint density at radius 3 is 2.84 bits per heavy atom. The van der Waals surface area contributed by atoms with Gasteiger partial charge in [-0.2, -0.15) is 0 Å². The molecule has 0 saturated heterocycles. The summed E-state index contributed by atoms with van der Waals surface area (Å²) in [6.07, 6.45) is 5.15. The van der Waals surface area contributed by atoms with E-state index < -0.39 is 0 Å². The van der Waals surface area contributed by atoms with Crippen molar-refractivity contribution in [2.45, 2.75) is 39.0 Å². The number of nitrogens with two attached hydrogens (primary N) is 1. The number of anilines is 3. The van der Waals surface area contributed by atoms with Crippen LogP contribution < -0.4 is 16.4 Å². The molecule has 1 saturated carbocycles. The minimum absolute atomic E-state index is 0.0930. The maximum Gasteiger partial charge on any atom is 0.224 e. The third-order valence-electron chi connectivity index (χ3n) is 4.53.